The van der Waals surface area contributed by atoms with Crippen molar-refractivity contribution in [2.75, 3.05) is 45.8 Å². The van der Waals surface area contributed by atoms with Gasteiger partial charge in [0.05, 0.1) is 27.4 Å². The summed E-state index contributed by atoms with van der Waals surface area (Å²) in [6.07, 6.45) is 0.639. The summed E-state index contributed by atoms with van der Waals surface area (Å²) in [6.45, 7) is 7.98. The molecule has 210 valence electrons. The van der Waals surface area contributed by atoms with Crippen molar-refractivity contribution in [1.82, 2.24) is 9.80 Å². The van der Waals surface area contributed by atoms with Crippen molar-refractivity contribution in [3.05, 3.63) is 70.4 Å². The van der Waals surface area contributed by atoms with Crippen LogP contribution in [0.5, 0.6) is 17.2 Å². The Labute approximate surface area is 235 Å². The van der Waals surface area contributed by atoms with Crippen molar-refractivity contribution < 1.29 is 23.8 Å². The van der Waals surface area contributed by atoms with Crippen LogP contribution < -0.4 is 19.5 Å². The summed E-state index contributed by atoms with van der Waals surface area (Å²) in [5, 5.41) is 4.93. The van der Waals surface area contributed by atoms with Crippen LogP contribution in [-0.2, 0) is 17.8 Å². The lowest BCUT2D eigenvalue weighted by atomic mass is 10.1. The maximum absolute atomic E-state index is 13.6. The Morgan fingerprint density at radius 1 is 0.974 bits per heavy atom. The van der Waals surface area contributed by atoms with E-state index in [9.17, 15) is 9.59 Å². The largest absolute Gasteiger partial charge is 0.494 e. The normalized spacial score (nSPS) is 10.7. The number of hydrogen-bond acceptors (Lipinski definition) is 6. The monoisotopic (exact) mass is 553 g/mol. The van der Waals surface area contributed by atoms with Gasteiger partial charge in [-0.25, -0.2) is 4.79 Å². The zero-order chi connectivity index (χ0) is 28.2. The van der Waals surface area contributed by atoms with Crippen molar-refractivity contribution >= 4 is 29.0 Å². The maximum atomic E-state index is 13.6. The highest BCUT2D eigenvalue weighted by Crippen LogP contribution is 2.28. The van der Waals surface area contributed by atoms with Gasteiger partial charge in [-0.1, -0.05) is 26.0 Å². The van der Waals surface area contributed by atoms with Crippen molar-refractivity contribution in [3.63, 3.8) is 0 Å². The van der Waals surface area contributed by atoms with E-state index < -0.39 is 0 Å². The first-order valence-electron chi connectivity index (χ1n) is 13.1. The Morgan fingerprint density at radius 3 is 2.33 bits per heavy atom. The lowest BCUT2D eigenvalue weighted by Gasteiger charge is -2.29. The summed E-state index contributed by atoms with van der Waals surface area (Å²) < 4.78 is 16.3. The predicted molar refractivity (Wildman–Crippen MR) is 156 cm³/mol. The molecule has 0 radical (unpaired) electrons. The van der Waals surface area contributed by atoms with E-state index in [-0.39, 0.29) is 24.4 Å². The number of carbonyl (C=O) groups excluding carboxylic acids is 2. The standard InChI is InChI=1S/C30H39N3O5S/c1-6-38-25-12-10-24(11-13-25)31-30(35)33(19-22(2)3)21-29(34)32(20-26-8-7-17-39-26)16-15-23-9-14-27(36-4)28(18-23)37-5/h7-14,17-18,22H,6,15-16,19-21H2,1-5H3,(H,31,35). The van der Waals surface area contributed by atoms with Gasteiger partial charge in [0.2, 0.25) is 5.91 Å². The highest BCUT2D eigenvalue weighted by atomic mass is 32.1. The van der Waals surface area contributed by atoms with Crippen LogP contribution in [0.2, 0.25) is 0 Å². The molecular weight excluding hydrogens is 514 g/mol. The van der Waals surface area contributed by atoms with Crippen molar-refractivity contribution in [2.24, 2.45) is 5.92 Å². The van der Waals surface area contributed by atoms with E-state index in [1.54, 1.807) is 42.6 Å². The third kappa shape index (κ3) is 9.21. The molecular formula is C30H39N3O5S. The molecule has 0 saturated heterocycles. The summed E-state index contributed by atoms with van der Waals surface area (Å²) in [6, 6.07) is 16.7. The number of methoxy groups -OCH3 is 2. The third-order valence-electron chi connectivity index (χ3n) is 6.01. The lowest BCUT2D eigenvalue weighted by Crippen LogP contribution is -2.46. The number of nitrogens with one attached hydrogen (secondary N) is 1. The number of thiophene rings is 1. The second-order valence-electron chi connectivity index (χ2n) is 9.50. The van der Waals surface area contributed by atoms with Gasteiger partial charge < -0.3 is 29.3 Å². The molecule has 1 heterocycles. The molecule has 1 aromatic heterocycles. The molecule has 0 aliphatic rings. The Balaban J connectivity index is 1.72. The summed E-state index contributed by atoms with van der Waals surface area (Å²) >= 11 is 1.61. The first-order valence-corrected chi connectivity index (χ1v) is 14.0. The number of rotatable bonds is 14. The van der Waals surface area contributed by atoms with Crippen LogP contribution in [0.4, 0.5) is 10.5 Å². The van der Waals surface area contributed by atoms with E-state index in [2.05, 4.69) is 5.32 Å². The van der Waals surface area contributed by atoms with Crippen LogP contribution in [0.15, 0.2) is 60.0 Å². The van der Waals surface area contributed by atoms with Gasteiger partial charge >= 0.3 is 6.03 Å². The summed E-state index contributed by atoms with van der Waals surface area (Å²) in [5.41, 5.74) is 1.68. The Kier molecular flexibility index (Phi) is 11.5. The summed E-state index contributed by atoms with van der Waals surface area (Å²) in [4.78, 5) is 31.4. The Morgan fingerprint density at radius 2 is 1.72 bits per heavy atom. The molecule has 3 aromatic rings. The Bertz CT molecular complexity index is 1180. The second kappa shape index (κ2) is 15.0. The van der Waals surface area contributed by atoms with Gasteiger partial charge in [-0.3, -0.25) is 4.79 Å². The topological polar surface area (TPSA) is 80.3 Å². The molecule has 0 atom stereocenters. The van der Waals surface area contributed by atoms with Gasteiger partial charge in [-0.2, -0.15) is 0 Å². The molecule has 0 aliphatic carbocycles. The average Bonchev–Trinajstić information content (AvgIpc) is 3.44. The predicted octanol–water partition coefficient (Wildman–Crippen LogP) is 5.93. The number of hydrogen-bond donors (Lipinski definition) is 1. The third-order valence-corrected chi connectivity index (χ3v) is 6.87. The van der Waals surface area contributed by atoms with Crippen molar-refractivity contribution in [2.45, 2.75) is 33.7 Å². The van der Waals surface area contributed by atoms with Crippen molar-refractivity contribution in [1.29, 1.82) is 0 Å². The molecule has 1 N–H and O–H groups in total. The number of anilines is 1. The summed E-state index contributed by atoms with van der Waals surface area (Å²) in [7, 11) is 3.21. The molecule has 0 fully saturated rings. The van der Waals surface area contributed by atoms with E-state index in [1.807, 2.05) is 73.5 Å². The van der Waals surface area contributed by atoms with Crippen LogP contribution >= 0.6 is 11.3 Å². The molecule has 0 aliphatic heterocycles. The molecule has 2 aromatic carbocycles. The fourth-order valence-corrected chi connectivity index (χ4v) is 4.83. The molecule has 39 heavy (non-hydrogen) atoms. The minimum absolute atomic E-state index is 0.0155. The van der Waals surface area contributed by atoms with Crippen molar-refractivity contribution in [3.8, 4) is 17.2 Å². The number of urea groups is 1. The SMILES string of the molecule is CCOc1ccc(NC(=O)N(CC(=O)N(CCc2ccc(OC)c(OC)c2)Cc2cccs2)CC(C)C)cc1. The average molecular weight is 554 g/mol. The molecule has 0 spiro atoms. The van der Waals surface area contributed by atoms with Gasteiger partial charge in [0.25, 0.3) is 0 Å². The zero-order valence-electron chi connectivity index (χ0n) is 23.4. The zero-order valence-corrected chi connectivity index (χ0v) is 24.3. The fraction of sp³-hybridized carbons (Fsp3) is 0.400. The van der Waals surface area contributed by atoms with Crippen LogP contribution in [0, 0.1) is 5.92 Å². The minimum atomic E-state index is -0.308. The second-order valence-corrected chi connectivity index (χ2v) is 10.5. The van der Waals surface area contributed by atoms with Gasteiger partial charge in [0.1, 0.15) is 12.3 Å². The Hall–Kier alpha value is -3.72. The van der Waals surface area contributed by atoms with Gasteiger partial charge in [-0.15, -0.1) is 11.3 Å². The van der Waals surface area contributed by atoms with E-state index in [0.29, 0.717) is 49.8 Å². The van der Waals surface area contributed by atoms with E-state index in [1.165, 1.54) is 0 Å². The van der Waals surface area contributed by atoms with Crippen LogP contribution in [0.25, 0.3) is 0 Å². The van der Waals surface area contributed by atoms with E-state index in [0.717, 1.165) is 16.2 Å². The first-order chi connectivity index (χ1) is 18.8. The van der Waals surface area contributed by atoms with E-state index >= 15 is 0 Å². The molecule has 9 heteroatoms. The molecule has 0 bridgehead atoms. The highest BCUT2D eigenvalue weighted by molar-refractivity contribution is 7.09. The highest BCUT2D eigenvalue weighted by Gasteiger charge is 2.23. The number of ether oxygens (including phenoxy) is 3. The molecule has 8 nitrogen and oxygen atoms in total. The molecule has 0 saturated carbocycles. The fourth-order valence-electron chi connectivity index (χ4n) is 4.11. The number of nitrogens with zero attached hydrogens (tertiary/aromatic N) is 2. The van der Waals surface area contributed by atoms with Gasteiger partial charge in [0.15, 0.2) is 11.5 Å². The van der Waals surface area contributed by atoms with Crippen LogP contribution in [0.3, 0.4) is 0 Å². The number of amides is 3. The maximum Gasteiger partial charge on any atom is 0.322 e. The number of carbonyl (C=O) groups is 2. The quantitative estimate of drug-likeness (QED) is 0.268. The van der Waals surface area contributed by atoms with Crippen LogP contribution in [-0.4, -0.2) is 62.2 Å². The smallest absolute Gasteiger partial charge is 0.322 e. The summed E-state index contributed by atoms with van der Waals surface area (Å²) in [5.74, 6) is 2.15. The minimum Gasteiger partial charge on any atom is -0.494 e. The molecule has 3 amide bonds. The lowest BCUT2D eigenvalue weighted by molar-refractivity contribution is -0.132. The van der Waals surface area contributed by atoms with Crippen LogP contribution in [0.1, 0.15) is 31.2 Å². The number of benzene rings is 2. The van der Waals surface area contributed by atoms with Gasteiger partial charge in [-0.05, 0) is 72.7 Å². The van der Waals surface area contributed by atoms with Gasteiger partial charge in [0, 0.05) is 23.7 Å². The first kappa shape index (κ1) is 29.8. The van der Waals surface area contributed by atoms with E-state index in [4.69, 9.17) is 14.2 Å². The molecule has 3 rings (SSSR count). The molecule has 0 unspecified atom stereocenters.